The van der Waals surface area contributed by atoms with Crippen LogP contribution >= 0.6 is 26.6 Å². The van der Waals surface area contributed by atoms with E-state index in [4.69, 9.17) is 10.7 Å². The Morgan fingerprint density at radius 2 is 1.90 bits per heavy atom. The van der Waals surface area contributed by atoms with Gasteiger partial charge in [-0.3, -0.25) is 4.79 Å². The topological polar surface area (TPSA) is 63.2 Å². The standard InChI is InChI=1S/C14H19BrClNO3S/c1-4-10(5-2)8-17-14(18)11-6-9(3)13(15)12(7-11)21(16,19)20/h6-7,10H,4-5,8H2,1-3H3,(H,17,18). The summed E-state index contributed by atoms with van der Waals surface area (Å²) in [5, 5.41) is 2.83. The number of nitrogens with one attached hydrogen (secondary N) is 1. The first-order chi connectivity index (χ1) is 9.70. The molecular formula is C14H19BrClNO3S. The maximum absolute atomic E-state index is 12.2. The molecule has 1 aromatic carbocycles. The summed E-state index contributed by atoms with van der Waals surface area (Å²) < 4.78 is 23.5. The third-order valence-corrected chi connectivity index (χ3v) is 6.11. The van der Waals surface area contributed by atoms with Gasteiger partial charge >= 0.3 is 0 Å². The number of rotatable bonds is 6. The van der Waals surface area contributed by atoms with Crippen LogP contribution in [0.15, 0.2) is 21.5 Å². The highest BCUT2D eigenvalue weighted by molar-refractivity contribution is 9.10. The molecule has 1 amide bonds. The second kappa shape index (κ2) is 7.61. The molecule has 0 aliphatic rings. The molecule has 118 valence electrons. The minimum Gasteiger partial charge on any atom is -0.352 e. The third kappa shape index (κ3) is 4.97. The Balaban J connectivity index is 3.04. The van der Waals surface area contributed by atoms with E-state index in [1.807, 2.05) is 0 Å². The molecule has 0 saturated heterocycles. The SMILES string of the molecule is CCC(CC)CNC(=O)c1cc(C)c(Br)c(S(=O)(=O)Cl)c1. The van der Waals surface area contributed by atoms with Gasteiger partial charge in [-0.2, -0.15) is 0 Å². The van der Waals surface area contributed by atoms with E-state index in [9.17, 15) is 13.2 Å². The summed E-state index contributed by atoms with van der Waals surface area (Å²) in [6.45, 7) is 6.43. The van der Waals surface area contributed by atoms with Gasteiger partial charge in [0.1, 0.15) is 0 Å². The average molecular weight is 397 g/mol. The lowest BCUT2D eigenvalue weighted by Gasteiger charge is -2.14. The molecule has 0 aliphatic heterocycles. The van der Waals surface area contributed by atoms with Gasteiger partial charge in [0.25, 0.3) is 15.0 Å². The molecule has 4 nitrogen and oxygen atoms in total. The molecule has 0 radical (unpaired) electrons. The highest BCUT2D eigenvalue weighted by Crippen LogP contribution is 2.29. The summed E-state index contributed by atoms with van der Waals surface area (Å²) in [6, 6.07) is 2.93. The molecule has 0 aromatic heterocycles. The molecule has 1 N–H and O–H groups in total. The normalized spacial score (nSPS) is 11.7. The van der Waals surface area contributed by atoms with Gasteiger partial charge in [0.2, 0.25) is 0 Å². The quantitative estimate of drug-likeness (QED) is 0.743. The van der Waals surface area contributed by atoms with Gasteiger partial charge in [0.15, 0.2) is 0 Å². The molecular weight excluding hydrogens is 378 g/mol. The number of amides is 1. The number of halogens is 2. The molecule has 21 heavy (non-hydrogen) atoms. The maximum atomic E-state index is 12.2. The van der Waals surface area contributed by atoms with Crippen LogP contribution in [-0.2, 0) is 9.05 Å². The molecule has 7 heteroatoms. The Kier molecular flexibility index (Phi) is 6.69. The van der Waals surface area contributed by atoms with Crippen LogP contribution in [0.2, 0.25) is 0 Å². The number of carbonyl (C=O) groups is 1. The summed E-state index contributed by atoms with van der Waals surface area (Å²) in [5.74, 6) is 0.126. The zero-order chi connectivity index (χ0) is 16.2. The highest BCUT2D eigenvalue weighted by Gasteiger charge is 2.20. The molecule has 0 spiro atoms. The van der Waals surface area contributed by atoms with E-state index < -0.39 is 9.05 Å². The van der Waals surface area contributed by atoms with Crippen molar-refractivity contribution >= 4 is 41.6 Å². The lowest BCUT2D eigenvalue weighted by Crippen LogP contribution is -2.29. The van der Waals surface area contributed by atoms with Crippen LogP contribution in [0.1, 0.15) is 42.6 Å². The van der Waals surface area contributed by atoms with Crippen molar-refractivity contribution < 1.29 is 13.2 Å². The van der Waals surface area contributed by atoms with E-state index in [2.05, 4.69) is 35.1 Å². The Morgan fingerprint density at radius 3 is 2.38 bits per heavy atom. The van der Waals surface area contributed by atoms with Crippen LogP contribution in [0.5, 0.6) is 0 Å². The minimum atomic E-state index is -3.91. The van der Waals surface area contributed by atoms with Gasteiger partial charge in [-0.05, 0) is 46.5 Å². The summed E-state index contributed by atoms with van der Waals surface area (Å²) in [5.41, 5.74) is 0.935. The predicted molar refractivity (Wildman–Crippen MR) is 88.3 cm³/mol. The molecule has 0 saturated carbocycles. The number of aryl methyl sites for hydroxylation is 1. The van der Waals surface area contributed by atoms with Crippen molar-refractivity contribution in [3.8, 4) is 0 Å². The van der Waals surface area contributed by atoms with Gasteiger partial charge in [-0.25, -0.2) is 8.42 Å². The van der Waals surface area contributed by atoms with E-state index >= 15 is 0 Å². The second-order valence-electron chi connectivity index (χ2n) is 4.94. The zero-order valence-corrected chi connectivity index (χ0v) is 15.4. The Bertz CT molecular complexity index is 627. The molecule has 0 atom stereocenters. The van der Waals surface area contributed by atoms with Crippen molar-refractivity contribution in [2.75, 3.05) is 6.54 Å². The Labute approximate surface area is 138 Å². The van der Waals surface area contributed by atoms with Crippen LogP contribution in [0.25, 0.3) is 0 Å². The van der Waals surface area contributed by atoms with E-state index in [1.54, 1.807) is 13.0 Å². The van der Waals surface area contributed by atoms with Crippen molar-refractivity contribution in [2.24, 2.45) is 5.92 Å². The molecule has 1 rings (SSSR count). The van der Waals surface area contributed by atoms with Gasteiger partial charge in [0, 0.05) is 27.3 Å². The van der Waals surface area contributed by atoms with Crippen LogP contribution < -0.4 is 5.32 Å². The molecule has 0 unspecified atom stereocenters. The minimum absolute atomic E-state index is 0.0863. The van der Waals surface area contributed by atoms with Gasteiger partial charge in [-0.1, -0.05) is 26.7 Å². The number of hydrogen-bond acceptors (Lipinski definition) is 3. The smallest absolute Gasteiger partial charge is 0.262 e. The largest absolute Gasteiger partial charge is 0.352 e. The fourth-order valence-electron chi connectivity index (χ4n) is 1.96. The van der Waals surface area contributed by atoms with Crippen LogP contribution in [0, 0.1) is 12.8 Å². The second-order valence-corrected chi connectivity index (χ2v) is 8.26. The molecule has 0 fully saturated rings. The first kappa shape index (κ1) is 18.5. The van der Waals surface area contributed by atoms with Crippen LogP contribution in [-0.4, -0.2) is 20.9 Å². The fraction of sp³-hybridized carbons (Fsp3) is 0.500. The van der Waals surface area contributed by atoms with Crippen molar-refractivity contribution in [3.05, 3.63) is 27.7 Å². The number of hydrogen-bond donors (Lipinski definition) is 1. The molecule has 1 aromatic rings. The average Bonchev–Trinajstić information content (AvgIpc) is 2.41. The maximum Gasteiger partial charge on any atom is 0.262 e. The van der Waals surface area contributed by atoms with Crippen LogP contribution in [0.3, 0.4) is 0 Å². The molecule has 0 bridgehead atoms. The Hall–Kier alpha value is -0.590. The zero-order valence-electron chi connectivity index (χ0n) is 12.2. The monoisotopic (exact) mass is 395 g/mol. The van der Waals surface area contributed by atoms with Gasteiger partial charge in [0.05, 0.1) is 4.90 Å². The Morgan fingerprint density at radius 1 is 1.33 bits per heavy atom. The molecule has 0 heterocycles. The third-order valence-electron chi connectivity index (χ3n) is 3.45. The lowest BCUT2D eigenvalue weighted by atomic mass is 10.0. The highest BCUT2D eigenvalue weighted by atomic mass is 79.9. The summed E-state index contributed by atoms with van der Waals surface area (Å²) in [6.07, 6.45) is 1.97. The summed E-state index contributed by atoms with van der Waals surface area (Å²) in [7, 11) is 1.49. The van der Waals surface area contributed by atoms with Crippen molar-refractivity contribution in [1.29, 1.82) is 0 Å². The van der Waals surface area contributed by atoms with Crippen molar-refractivity contribution in [1.82, 2.24) is 5.32 Å². The first-order valence-corrected chi connectivity index (χ1v) is 9.83. The summed E-state index contributed by atoms with van der Waals surface area (Å²) >= 11 is 3.19. The van der Waals surface area contributed by atoms with Gasteiger partial charge < -0.3 is 5.32 Å². The number of carbonyl (C=O) groups excluding carboxylic acids is 1. The first-order valence-electron chi connectivity index (χ1n) is 6.73. The van der Waals surface area contributed by atoms with Crippen molar-refractivity contribution in [2.45, 2.75) is 38.5 Å². The van der Waals surface area contributed by atoms with E-state index in [0.29, 0.717) is 28.1 Å². The van der Waals surface area contributed by atoms with Gasteiger partial charge in [-0.15, -0.1) is 0 Å². The number of benzene rings is 1. The lowest BCUT2D eigenvalue weighted by molar-refractivity contribution is 0.0946. The van der Waals surface area contributed by atoms with E-state index in [-0.39, 0.29) is 10.8 Å². The van der Waals surface area contributed by atoms with E-state index in [0.717, 1.165) is 12.8 Å². The predicted octanol–water partition coefficient (Wildman–Crippen LogP) is 3.85. The van der Waals surface area contributed by atoms with Crippen LogP contribution in [0.4, 0.5) is 0 Å². The fourth-order valence-corrected chi connectivity index (χ4v) is 4.12. The molecule has 0 aliphatic carbocycles. The van der Waals surface area contributed by atoms with Crippen molar-refractivity contribution in [3.63, 3.8) is 0 Å². The summed E-state index contributed by atoms with van der Waals surface area (Å²) in [4.78, 5) is 12.1. The van der Waals surface area contributed by atoms with E-state index in [1.165, 1.54) is 6.07 Å².